The number of anilines is 1. The molecular weight excluding hydrogens is 572 g/mol. The van der Waals surface area contributed by atoms with Crippen molar-refractivity contribution in [2.24, 2.45) is 5.92 Å². The van der Waals surface area contributed by atoms with Gasteiger partial charge in [0.05, 0.1) is 47.8 Å². The molecule has 1 aromatic heterocycles. The molecule has 0 radical (unpaired) electrons. The third kappa shape index (κ3) is 3.99. The standard InChI is InChI=1S/C23H24BrClF4N4O3/c24-16-17(25)20-15-19(18(16)29)30-22(36-10-23-2-1-3-32(23)5-12(26)4-23)31-21(15)33(6-14(27)28)13-9-34-7-11(13)8-35-20/h11-14H,1-10H2/t11?,12-,13?,23+/m1/s1. The number of alkyl halides is 3. The molecule has 7 nitrogen and oxygen atoms in total. The highest BCUT2D eigenvalue weighted by Crippen LogP contribution is 2.47. The summed E-state index contributed by atoms with van der Waals surface area (Å²) < 4.78 is 74.8. The molecule has 5 heterocycles. The van der Waals surface area contributed by atoms with Crippen LogP contribution in [-0.2, 0) is 4.74 Å². The Bertz CT molecular complexity index is 1200. The Morgan fingerprint density at radius 3 is 2.89 bits per heavy atom. The van der Waals surface area contributed by atoms with Crippen molar-refractivity contribution in [1.29, 1.82) is 0 Å². The van der Waals surface area contributed by atoms with Gasteiger partial charge in [-0.15, -0.1) is 0 Å². The molecule has 0 amide bonds. The molecule has 4 aliphatic rings. The van der Waals surface area contributed by atoms with Gasteiger partial charge in [0.1, 0.15) is 29.1 Å². The lowest BCUT2D eigenvalue weighted by molar-refractivity contribution is 0.107. The van der Waals surface area contributed by atoms with Crippen molar-refractivity contribution < 1.29 is 31.8 Å². The van der Waals surface area contributed by atoms with E-state index in [1.807, 2.05) is 0 Å². The average Bonchev–Trinajstić information content (AvgIpc) is 3.52. The van der Waals surface area contributed by atoms with Gasteiger partial charge in [-0.25, -0.2) is 17.6 Å². The summed E-state index contributed by atoms with van der Waals surface area (Å²) in [5, 5.41) is 0.0673. The molecule has 0 N–H and O–H groups in total. The van der Waals surface area contributed by atoms with Crippen LogP contribution < -0.4 is 14.4 Å². The van der Waals surface area contributed by atoms with Gasteiger partial charge in [0.25, 0.3) is 6.43 Å². The largest absolute Gasteiger partial charge is 0.491 e. The average molecular weight is 596 g/mol. The molecule has 2 aromatic rings. The van der Waals surface area contributed by atoms with Gasteiger partial charge in [0.15, 0.2) is 11.6 Å². The van der Waals surface area contributed by atoms with Crippen LogP contribution in [0, 0.1) is 11.7 Å². The molecule has 0 bridgehead atoms. The van der Waals surface area contributed by atoms with E-state index < -0.39 is 36.5 Å². The molecule has 0 spiro atoms. The second kappa shape index (κ2) is 9.28. The Balaban J connectivity index is 1.48. The first-order valence-electron chi connectivity index (χ1n) is 11.9. The molecule has 3 saturated heterocycles. The second-order valence-electron chi connectivity index (χ2n) is 9.91. The van der Waals surface area contributed by atoms with E-state index in [4.69, 9.17) is 25.8 Å². The van der Waals surface area contributed by atoms with E-state index >= 15 is 4.39 Å². The van der Waals surface area contributed by atoms with E-state index in [1.54, 1.807) is 0 Å². The van der Waals surface area contributed by atoms with Crippen LogP contribution in [0.15, 0.2) is 4.47 Å². The van der Waals surface area contributed by atoms with E-state index in [2.05, 4.69) is 30.8 Å². The summed E-state index contributed by atoms with van der Waals surface area (Å²) in [7, 11) is 0. The molecule has 0 saturated carbocycles. The van der Waals surface area contributed by atoms with Crippen LogP contribution in [0.5, 0.6) is 11.8 Å². The van der Waals surface area contributed by atoms with Gasteiger partial charge in [-0.3, -0.25) is 4.90 Å². The molecule has 4 aliphatic heterocycles. The minimum atomic E-state index is -2.69. The number of aromatic nitrogens is 2. The third-order valence-electron chi connectivity index (χ3n) is 7.73. The fourth-order valence-corrected chi connectivity index (χ4v) is 6.67. The Morgan fingerprint density at radius 1 is 1.25 bits per heavy atom. The molecule has 3 fully saturated rings. The summed E-state index contributed by atoms with van der Waals surface area (Å²) in [6.45, 7) is 1.26. The summed E-state index contributed by atoms with van der Waals surface area (Å²) in [6, 6.07) is -0.634. The zero-order chi connectivity index (χ0) is 25.2. The van der Waals surface area contributed by atoms with Crippen LogP contribution in [-0.4, -0.2) is 85.1 Å². The van der Waals surface area contributed by atoms with Crippen LogP contribution in [0.4, 0.5) is 23.4 Å². The monoisotopic (exact) mass is 594 g/mol. The number of hydrogen-bond donors (Lipinski definition) is 0. The van der Waals surface area contributed by atoms with E-state index in [-0.39, 0.29) is 63.7 Å². The number of rotatable bonds is 5. The van der Waals surface area contributed by atoms with E-state index in [1.165, 1.54) is 4.90 Å². The highest BCUT2D eigenvalue weighted by atomic mass is 79.9. The topological polar surface area (TPSA) is 60.0 Å². The Labute approximate surface area is 218 Å². The number of halogens is 6. The lowest BCUT2D eigenvalue weighted by atomic mass is 9.95. The molecule has 4 atom stereocenters. The van der Waals surface area contributed by atoms with Crippen molar-refractivity contribution in [3.8, 4) is 11.8 Å². The van der Waals surface area contributed by atoms with Crippen LogP contribution in [0.2, 0.25) is 5.02 Å². The minimum Gasteiger partial charge on any atom is -0.491 e. The fraction of sp³-hybridized carbons (Fsp3) is 0.652. The summed E-state index contributed by atoms with van der Waals surface area (Å²) in [4.78, 5) is 12.3. The van der Waals surface area contributed by atoms with Crippen molar-refractivity contribution in [3.63, 3.8) is 0 Å². The number of nitrogens with zero attached hydrogens (tertiary/aromatic N) is 4. The molecular formula is C23H24BrClF4N4O3. The van der Waals surface area contributed by atoms with Gasteiger partial charge < -0.3 is 19.1 Å². The van der Waals surface area contributed by atoms with Gasteiger partial charge in [0, 0.05) is 18.9 Å². The molecule has 6 rings (SSSR count). The maximum absolute atomic E-state index is 15.5. The predicted molar refractivity (Wildman–Crippen MR) is 128 cm³/mol. The number of ether oxygens (including phenoxy) is 3. The van der Waals surface area contributed by atoms with Crippen LogP contribution in [0.25, 0.3) is 10.9 Å². The van der Waals surface area contributed by atoms with Crippen molar-refractivity contribution in [3.05, 3.63) is 15.3 Å². The highest BCUT2D eigenvalue weighted by molar-refractivity contribution is 9.10. The highest BCUT2D eigenvalue weighted by Gasteiger charge is 2.49. The van der Waals surface area contributed by atoms with Crippen LogP contribution in [0.3, 0.4) is 0 Å². The smallest absolute Gasteiger partial charge is 0.319 e. The minimum absolute atomic E-state index is 0.0340. The second-order valence-corrected chi connectivity index (χ2v) is 11.1. The maximum Gasteiger partial charge on any atom is 0.319 e. The molecule has 2 unspecified atom stereocenters. The van der Waals surface area contributed by atoms with Crippen molar-refractivity contribution in [1.82, 2.24) is 14.9 Å². The maximum atomic E-state index is 15.5. The van der Waals surface area contributed by atoms with Gasteiger partial charge in [-0.05, 0) is 35.3 Å². The fourth-order valence-electron chi connectivity index (χ4n) is 6.07. The summed E-state index contributed by atoms with van der Waals surface area (Å²) in [5.41, 5.74) is -0.641. The first kappa shape index (κ1) is 24.7. The molecule has 36 heavy (non-hydrogen) atoms. The summed E-state index contributed by atoms with van der Waals surface area (Å²) in [6.07, 6.45) is -1.62. The van der Waals surface area contributed by atoms with Gasteiger partial charge >= 0.3 is 6.01 Å². The molecule has 196 valence electrons. The lowest BCUT2D eigenvalue weighted by Crippen LogP contribution is -2.46. The Hall–Kier alpha value is -1.63. The Kier molecular flexibility index (Phi) is 6.37. The molecule has 1 aromatic carbocycles. The SMILES string of the molecule is Fc1c(Br)c(Cl)c2c3c(nc(OC[C@@]45CCCN4C[C@H](F)C5)nc13)N(CC(F)F)C1COCC1CO2. The zero-order valence-corrected chi connectivity index (χ0v) is 21.5. The Morgan fingerprint density at radius 2 is 2.08 bits per heavy atom. The number of hydrogen-bond acceptors (Lipinski definition) is 7. The lowest BCUT2D eigenvalue weighted by Gasteiger charge is -2.36. The van der Waals surface area contributed by atoms with Crippen molar-refractivity contribution >= 4 is 44.3 Å². The molecule has 13 heteroatoms. The number of fused-ring (bicyclic) bond motifs is 2. The third-order valence-corrected chi connectivity index (χ3v) is 9.07. The van der Waals surface area contributed by atoms with Gasteiger partial charge in [-0.2, -0.15) is 9.97 Å². The molecule has 0 aliphatic carbocycles. The van der Waals surface area contributed by atoms with E-state index in [9.17, 15) is 13.2 Å². The first-order chi connectivity index (χ1) is 17.3. The van der Waals surface area contributed by atoms with Crippen LogP contribution >= 0.6 is 27.5 Å². The first-order valence-corrected chi connectivity index (χ1v) is 13.1. The van der Waals surface area contributed by atoms with E-state index in [0.717, 1.165) is 19.4 Å². The van der Waals surface area contributed by atoms with Gasteiger partial charge in [-0.1, -0.05) is 11.6 Å². The predicted octanol–water partition coefficient (Wildman–Crippen LogP) is 4.62. The summed E-state index contributed by atoms with van der Waals surface area (Å²) in [5.74, 6) is -0.841. The number of benzene rings is 1. The zero-order valence-electron chi connectivity index (χ0n) is 19.2. The van der Waals surface area contributed by atoms with E-state index in [0.29, 0.717) is 19.6 Å². The quantitative estimate of drug-likeness (QED) is 0.369. The van der Waals surface area contributed by atoms with Crippen molar-refractivity contribution in [2.75, 3.05) is 51.0 Å². The van der Waals surface area contributed by atoms with Crippen LogP contribution in [0.1, 0.15) is 19.3 Å². The van der Waals surface area contributed by atoms with Crippen molar-refractivity contribution in [2.45, 2.75) is 43.4 Å². The summed E-state index contributed by atoms with van der Waals surface area (Å²) >= 11 is 9.59. The van der Waals surface area contributed by atoms with Gasteiger partial charge in [0.2, 0.25) is 0 Å². The normalized spacial score (nSPS) is 29.9.